The molecule has 2 aliphatic rings. The predicted octanol–water partition coefficient (Wildman–Crippen LogP) is 3.91. The van der Waals surface area contributed by atoms with Gasteiger partial charge < -0.3 is 14.8 Å². The minimum absolute atomic E-state index is 0.0156. The Kier molecular flexibility index (Phi) is 4.87. The zero-order chi connectivity index (χ0) is 19.8. The van der Waals surface area contributed by atoms with Gasteiger partial charge in [-0.1, -0.05) is 12.1 Å². The van der Waals surface area contributed by atoms with Crippen molar-refractivity contribution in [1.29, 1.82) is 0 Å². The van der Waals surface area contributed by atoms with Gasteiger partial charge in [-0.3, -0.25) is 9.48 Å². The number of benzene rings is 1. The predicted molar refractivity (Wildman–Crippen MR) is 108 cm³/mol. The standard InChI is InChI=1S/C22H27N3O3/c1-5-7-14-10-15(11-17(28-6-2)21(14)27-4)16-12-18(26)23-22-19(16)20(13-8-9-13)24-25(22)3/h5,10-11,13,16H,1,6-9,12H2,2-4H3,(H,23,26)/t16-/m0/s1. The lowest BCUT2D eigenvalue weighted by Gasteiger charge is -2.26. The summed E-state index contributed by atoms with van der Waals surface area (Å²) in [7, 11) is 3.55. The summed E-state index contributed by atoms with van der Waals surface area (Å²) in [5, 5.41) is 7.77. The summed E-state index contributed by atoms with van der Waals surface area (Å²) in [5.41, 5.74) is 4.36. The number of aryl methyl sites for hydroxylation is 1. The van der Waals surface area contributed by atoms with Gasteiger partial charge in [0.05, 0.1) is 19.4 Å². The highest BCUT2D eigenvalue weighted by atomic mass is 16.5. The van der Waals surface area contributed by atoms with Crippen LogP contribution in [0.4, 0.5) is 5.82 Å². The average Bonchev–Trinajstić information content (AvgIpc) is 3.46. The normalized spacial score (nSPS) is 18.4. The van der Waals surface area contributed by atoms with Crippen LogP contribution in [0.1, 0.15) is 60.4 Å². The molecule has 6 heteroatoms. The molecule has 1 aliphatic heterocycles. The molecule has 1 atom stereocenters. The molecule has 0 saturated heterocycles. The van der Waals surface area contributed by atoms with Crippen molar-refractivity contribution in [1.82, 2.24) is 9.78 Å². The highest BCUT2D eigenvalue weighted by Crippen LogP contribution is 2.49. The molecule has 0 spiro atoms. The molecule has 2 heterocycles. The van der Waals surface area contributed by atoms with Crippen LogP contribution in [-0.4, -0.2) is 29.4 Å². The second-order valence-corrected chi connectivity index (χ2v) is 7.49. The molecule has 1 aromatic carbocycles. The lowest BCUT2D eigenvalue weighted by Crippen LogP contribution is -2.25. The second-order valence-electron chi connectivity index (χ2n) is 7.49. The SMILES string of the molecule is C=CCc1cc([C@@H]2CC(=O)Nc3c2c(C2CC2)nn3C)cc(OCC)c1OC. The van der Waals surface area contributed by atoms with Crippen LogP contribution >= 0.6 is 0 Å². The van der Waals surface area contributed by atoms with Gasteiger partial charge in [0.2, 0.25) is 5.91 Å². The number of hydrogen-bond donors (Lipinski definition) is 1. The van der Waals surface area contributed by atoms with Crippen LogP contribution in [0.25, 0.3) is 0 Å². The molecule has 6 nitrogen and oxygen atoms in total. The molecule has 28 heavy (non-hydrogen) atoms. The number of nitrogens with one attached hydrogen (secondary N) is 1. The maximum atomic E-state index is 12.5. The first-order valence-corrected chi connectivity index (χ1v) is 9.88. The molecule has 148 valence electrons. The molecular weight excluding hydrogens is 354 g/mol. The van der Waals surface area contributed by atoms with Gasteiger partial charge in [-0.05, 0) is 37.8 Å². The molecule has 1 saturated carbocycles. The van der Waals surface area contributed by atoms with Gasteiger partial charge in [0, 0.05) is 36.4 Å². The van der Waals surface area contributed by atoms with Crippen LogP contribution in [0, 0.1) is 0 Å². The van der Waals surface area contributed by atoms with Gasteiger partial charge in [-0.25, -0.2) is 0 Å². The van der Waals surface area contributed by atoms with Crippen LogP contribution in [0.3, 0.4) is 0 Å². The van der Waals surface area contributed by atoms with Gasteiger partial charge in [0.1, 0.15) is 5.82 Å². The molecule has 1 aromatic heterocycles. The third-order valence-electron chi connectivity index (χ3n) is 5.50. The Labute approximate surface area is 165 Å². The number of nitrogens with zero attached hydrogens (tertiary/aromatic N) is 2. The van der Waals surface area contributed by atoms with E-state index in [4.69, 9.17) is 14.6 Å². The Balaban J connectivity index is 1.87. The molecule has 0 radical (unpaired) electrons. The third-order valence-corrected chi connectivity index (χ3v) is 5.50. The maximum Gasteiger partial charge on any atom is 0.226 e. The molecule has 1 fully saturated rings. The fraction of sp³-hybridized carbons (Fsp3) is 0.455. The number of carbonyl (C=O) groups excluding carboxylic acids is 1. The minimum Gasteiger partial charge on any atom is -0.493 e. The van der Waals surface area contributed by atoms with Crippen LogP contribution in [0.2, 0.25) is 0 Å². The summed E-state index contributed by atoms with van der Waals surface area (Å²) < 4.78 is 13.3. The smallest absolute Gasteiger partial charge is 0.226 e. The van der Waals surface area contributed by atoms with Gasteiger partial charge in [-0.2, -0.15) is 5.10 Å². The van der Waals surface area contributed by atoms with Crippen molar-refractivity contribution in [2.75, 3.05) is 19.0 Å². The zero-order valence-electron chi connectivity index (χ0n) is 16.7. The van der Waals surface area contributed by atoms with E-state index >= 15 is 0 Å². The number of carbonyl (C=O) groups is 1. The Morgan fingerprint density at radius 1 is 1.39 bits per heavy atom. The van der Waals surface area contributed by atoms with Gasteiger partial charge in [0.25, 0.3) is 0 Å². The summed E-state index contributed by atoms with van der Waals surface area (Å²) in [6, 6.07) is 4.14. The van der Waals surface area contributed by atoms with Crippen LogP contribution in [0.5, 0.6) is 11.5 Å². The van der Waals surface area contributed by atoms with Crippen molar-refractivity contribution in [3.8, 4) is 11.5 Å². The van der Waals surface area contributed by atoms with Crippen LogP contribution in [0.15, 0.2) is 24.8 Å². The quantitative estimate of drug-likeness (QED) is 0.739. The highest BCUT2D eigenvalue weighted by Gasteiger charge is 2.38. The summed E-state index contributed by atoms with van der Waals surface area (Å²) in [4.78, 5) is 12.5. The second kappa shape index (κ2) is 7.34. The number of rotatable bonds is 7. The largest absolute Gasteiger partial charge is 0.493 e. The van der Waals surface area contributed by atoms with Crippen molar-refractivity contribution in [3.63, 3.8) is 0 Å². The van der Waals surface area contributed by atoms with E-state index in [2.05, 4.69) is 18.0 Å². The van der Waals surface area contributed by atoms with Crippen molar-refractivity contribution in [3.05, 3.63) is 47.2 Å². The fourth-order valence-corrected chi connectivity index (χ4v) is 4.15. The summed E-state index contributed by atoms with van der Waals surface area (Å²) in [6.45, 7) is 6.37. The molecule has 1 amide bonds. The summed E-state index contributed by atoms with van der Waals surface area (Å²) >= 11 is 0. The molecule has 0 bridgehead atoms. The Bertz CT molecular complexity index is 928. The lowest BCUT2D eigenvalue weighted by atomic mass is 9.83. The minimum atomic E-state index is -0.0401. The number of hydrogen-bond acceptors (Lipinski definition) is 4. The molecular formula is C22H27N3O3. The average molecular weight is 381 g/mol. The Morgan fingerprint density at radius 3 is 2.82 bits per heavy atom. The maximum absolute atomic E-state index is 12.5. The molecule has 1 aliphatic carbocycles. The van der Waals surface area contributed by atoms with E-state index in [-0.39, 0.29) is 11.8 Å². The number of anilines is 1. The number of allylic oxidation sites excluding steroid dienone is 1. The van der Waals surface area contributed by atoms with E-state index in [1.54, 1.807) is 7.11 Å². The van der Waals surface area contributed by atoms with Crippen molar-refractivity contribution in [2.45, 2.75) is 44.4 Å². The third kappa shape index (κ3) is 3.17. The van der Waals surface area contributed by atoms with Crippen molar-refractivity contribution < 1.29 is 14.3 Å². The Hall–Kier alpha value is -2.76. The number of amides is 1. The van der Waals surface area contributed by atoms with Gasteiger partial charge >= 0.3 is 0 Å². The first kappa shape index (κ1) is 18.6. The van der Waals surface area contributed by atoms with Crippen molar-refractivity contribution in [2.24, 2.45) is 7.05 Å². The first-order valence-electron chi connectivity index (χ1n) is 9.88. The van der Waals surface area contributed by atoms with E-state index in [0.717, 1.165) is 34.0 Å². The van der Waals surface area contributed by atoms with Crippen LogP contribution in [-0.2, 0) is 18.3 Å². The van der Waals surface area contributed by atoms with Gasteiger partial charge in [0.15, 0.2) is 11.5 Å². The molecule has 0 unspecified atom stereocenters. The first-order chi connectivity index (χ1) is 13.6. The number of aromatic nitrogens is 2. The Morgan fingerprint density at radius 2 is 2.18 bits per heavy atom. The lowest BCUT2D eigenvalue weighted by molar-refractivity contribution is -0.116. The highest BCUT2D eigenvalue weighted by molar-refractivity contribution is 5.94. The molecule has 2 aromatic rings. The summed E-state index contributed by atoms with van der Waals surface area (Å²) in [5.74, 6) is 2.75. The fourth-order valence-electron chi connectivity index (χ4n) is 4.15. The van der Waals surface area contributed by atoms with E-state index in [9.17, 15) is 4.79 Å². The zero-order valence-corrected chi connectivity index (χ0v) is 16.7. The molecule has 1 N–H and O–H groups in total. The molecule has 4 rings (SSSR count). The van der Waals surface area contributed by atoms with E-state index in [0.29, 0.717) is 31.1 Å². The van der Waals surface area contributed by atoms with E-state index in [1.165, 1.54) is 12.8 Å². The monoisotopic (exact) mass is 381 g/mol. The van der Waals surface area contributed by atoms with E-state index in [1.807, 2.05) is 30.8 Å². The number of methoxy groups -OCH3 is 1. The number of ether oxygens (including phenoxy) is 2. The van der Waals surface area contributed by atoms with Gasteiger partial charge in [-0.15, -0.1) is 6.58 Å². The van der Waals surface area contributed by atoms with Crippen molar-refractivity contribution >= 4 is 11.7 Å². The van der Waals surface area contributed by atoms with E-state index < -0.39 is 0 Å². The summed E-state index contributed by atoms with van der Waals surface area (Å²) in [6.07, 6.45) is 5.27. The number of fused-ring (bicyclic) bond motifs is 1. The topological polar surface area (TPSA) is 65.4 Å². The van der Waals surface area contributed by atoms with Crippen LogP contribution < -0.4 is 14.8 Å².